The van der Waals surface area contributed by atoms with Crippen molar-refractivity contribution in [3.05, 3.63) is 84.4 Å². The van der Waals surface area contributed by atoms with Crippen molar-refractivity contribution in [2.45, 2.75) is 29.2 Å². The van der Waals surface area contributed by atoms with Crippen molar-refractivity contribution in [2.75, 3.05) is 29.9 Å². The predicted octanol–water partition coefficient (Wildman–Crippen LogP) is 3.53. The summed E-state index contributed by atoms with van der Waals surface area (Å²) in [5.41, 5.74) is 2.08. The number of hydrogen-bond donors (Lipinski definition) is 2. The van der Waals surface area contributed by atoms with Gasteiger partial charge in [0.25, 0.3) is 5.91 Å². The smallest absolute Gasteiger partial charge is 0.255 e. The molecule has 0 bridgehead atoms. The summed E-state index contributed by atoms with van der Waals surface area (Å²) in [4.78, 5) is 26.4. The molecule has 1 aliphatic heterocycles. The average molecular weight is 478 g/mol. The van der Waals surface area contributed by atoms with Crippen molar-refractivity contribution in [1.29, 1.82) is 0 Å². The van der Waals surface area contributed by atoms with E-state index in [2.05, 4.69) is 15.5 Å². The number of nitrogens with zero attached hydrogens (tertiary/aromatic N) is 1. The second-order valence-corrected chi connectivity index (χ2v) is 10.3. The van der Waals surface area contributed by atoms with Crippen LogP contribution < -0.4 is 15.5 Å². The molecule has 34 heavy (non-hydrogen) atoms. The summed E-state index contributed by atoms with van der Waals surface area (Å²) in [5.74, 6) is -0.183. The molecule has 8 heteroatoms. The van der Waals surface area contributed by atoms with Gasteiger partial charge < -0.3 is 15.5 Å². The van der Waals surface area contributed by atoms with E-state index in [1.165, 1.54) is 24.3 Å². The maximum absolute atomic E-state index is 12.7. The fraction of sp³-hybridized carbons (Fsp3) is 0.231. The lowest BCUT2D eigenvalue weighted by molar-refractivity contribution is -0.116. The first-order valence-corrected chi connectivity index (χ1v) is 12.6. The molecule has 1 amide bonds. The standard InChI is InChI=1S/C26H27N3O4S/c1-19(30)17-27-22-15-16-29(18-22)23-11-9-21(10-12-23)28-26(31)20-7-13-25(14-8-20)34(32,33)24-5-3-2-4-6-24/h2-14,22,27H,15-18H2,1H3,(H,28,31). The molecule has 1 fully saturated rings. The number of nitrogens with one attached hydrogen (secondary N) is 2. The molecular weight excluding hydrogens is 450 g/mol. The first-order valence-electron chi connectivity index (χ1n) is 11.1. The zero-order valence-electron chi connectivity index (χ0n) is 18.9. The van der Waals surface area contributed by atoms with Gasteiger partial charge in [0.2, 0.25) is 9.84 Å². The lowest BCUT2D eigenvalue weighted by atomic mass is 10.2. The molecule has 1 heterocycles. The minimum absolute atomic E-state index is 0.131. The Bertz CT molecular complexity index is 1260. The van der Waals surface area contributed by atoms with Crippen LogP contribution in [0.4, 0.5) is 11.4 Å². The van der Waals surface area contributed by atoms with Gasteiger partial charge in [0.15, 0.2) is 0 Å². The van der Waals surface area contributed by atoms with E-state index in [9.17, 15) is 18.0 Å². The topological polar surface area (TPSA) is 95.6 Å². The van der Waals surface area contributed by atoms with Crippen LogP contribution in [0.2, 0.25) is 0 Å². The summed E-state index contributed by atoms with van der Waals surface area (Å²) < 4.78 is 25.4. The maximum atomic E-state index is 12.7. The highest BCUT2D eigenvalue weighted by Crippen LogP contribution is 2.24. The van der Waals surface area contributed by atoms with Gasteiger partial charge in [0, 0.05) is 36.1 Å². The van der Waals surface area contributed by atoms with Crippen LogP contribution in [-0.4, -0.2) is 45.8 Å². The molecule has 176 valence electrons. The van der Waals surface area contributed by atoms with Crippen molar-refractivity contribution in [2.24, 2.45) is 0 Å². The number of benzene rings is 3. The fourth-order valence-electron chi connectivity index (χ4n) is 3.93. The Morgan fingerprint density at radius 1 is 0.912 bits per heavy atom. The van der Waals surface area contributed by atoms with E-state index in [-0.39, 0.29) is 27.5 Å². The summed E-state index contributed by atoms with van der Waals surface area (Å²) in [6.45, 7) is 3.70. The van der Waals surface area contributed by atoms with E-state index in [0.717, 1.165) is 25.2 Å². The van der Waals surface area contributed by atoms with Crippen LogP contribution in [0, 0.1) is 0 Å². The molecule has 4 rings (SSSR count). The second-order valence-electron chi connectivity index (χ2n) is 8.36. The van der Waals surface area contributed by atoms with Crippen molar-refractivity contribution in [3.8, 4) is 0 Å². The number of Topliss-reactive ketones (excluding diaryl/α,β-unsaturated/α-hetero) is 1. The zero-order chi connectivity index (χ0) is 24.1. The van der Waals surface area contributed by atoms with Gasteiger partial charge in [-0.3, -0.25) is 9.59 Å². The summed E-state index contributed by atoms with van der Waals surface area (Å²) in [6.07, 6.45) is 0.974. The van der Waals surface area contributed by atoms with E-state index in [1.807, 2.05) is 24.3 Å². The van der Waals surface area contributed by atoms with E-state index in [4.69, 9.17) is 0 Å². The highest BCUT2D eigenvalue weighted by molar-refractivity contribution is 7.91. The van der Waals surface area contributed by atoms with Crippen LogP contribution in [0.15, 0.2) is 88.7 Å². The zero-order valence-corrected chi connectivity index (χ0v) is 19.7. The number of anilines is 2. The minimum Gasteiger partial charge on any atom is -0.370 e. The van der Waals surface area contributed by atoms with Gasteiger partial charge >= 0.3 is 0 Å². The summed E-state index contributed by atoms with van der Waals surface area (Å²) >= 11 is 0. The van der Waals surface area contributed by atoms with Crippen LogP contribution >= 0.6 is 0 Å². The summed E-state index contributed by atoms with van der Waals surface area (Å²) in [5, 5.41) is 6.12. The maximum Gasteiger partial charge on any atom is 0.255 e. The van der Waals surface area contributed by atoms with Gasteiger partial charge in [-0.05, 0) is 74.0 Å². The Morgan fingerprint density at radius 2 is 1.56 bits per heavy atom. The Morgan fingerprint density at radius 3 is 2.21 bits per heavy atom. The molecule has 3 aromatic rings. The molecule has 0 spiro atoms. The number of amides is 1. The summed E-state index contributed by atoms with van der Waals surface area (Å²) in [6, 6.07) is 22.0. The third-order valence-electron chi connectivity index (χ3n) is 5.80. The van der Waals surface area contributed by atoms with Gasteiger partial charge in [-0.15, -0.1) is 0 Å². The van der Waals surface area contributed by atoms with Gasteiger partial charge in [-0.1, -0.05) is 18.2 Å². The number of carbonyl (C=O) groups excluding carboxylic acids is 2. The number of sulfone groups is 1. The highest BCUT2D eigenvalue weighted by atomic mass is 32.2. The molecule has 2 N–H and O–H groups in total. The van der Waals surface area contributed by atoms with E-state index >= 15 is 0 Å². The molecule has 0 radical (unpaired) electrons. The van der Waals surface area contributed by atoms with Gasteiger partial charge in [-0.2, -0.15) is 0 Å². The van der Waals surface area contributed by atoms with Crippen LogP contribution in [0.5, 0.6) is 0 Å². The highest BCUT2D eigenvalue weighted by Gasteiger charge is 2.22. The lowest BCUT2D eigenvalue weighted by Gasteiger charge is -2.19. The Balaban J connectivity index is 1.36. The molecule has 0 saturated carbocycles. The monoisotopic (exact) mass is 477 g/mol. The third-order valence-corrected chi connectivity index (χ3v) is 7.58. The van der Waals surface area contributed by atoms with E-state index in [0.29, 0.717) is 17.8 Å². The molecule has 0 aromatic heterocycles. The van der Waals surface area contributed by atoms with Crippen LogP contribution in [0.25, 0.3) is 0 Å². The first kappa shape index (κ1) is 23.7. The molecule has 0 aliphatic carbocycles. The number of ketones is 1. The third kappa shape index (κ3) is 5.52. The predicted molar refractivity (Wildman–Crippen MR) is 132 cm³/mol. The fourth-order valence-corrected chi connectivity index (χ4v) is 5.21. The Kier molecular flexibility index (Phi) is 7.09. The number of hydrogen-bond acceptors (Lipinski definition) is 6. The average Bonchev–Trinajstić information content (AvgIpc) is 3.33. The molecule has 1 saturated heterocycles. The molecule has 3 aromatic carbocycles. The second kappa shape index (κ2) is 10.2. The van der Waals surface area contributed by atoms with Gasteiger partial charge in [0.1, 0.15) is 5.78 Å². The van der Waals surface area contributed by atoms with Crippen molar-refractivity contribution >= 4 is 32.9 Å². The molecular formula is C26H27N3O4S. The van der Waals surface area contributed by atoms with E-state index < -0.39 is 9.84 Å². The van der Waals surface area contributed by atoms with Crippen molar-refractivity contribution in [3.63, 3.8) is 0 Å². The molecule has 1 aliphatic rings. The quantitative estimate of drug-likeness (QED) is 0.515. The van der Waals surface area contributed by atoms with Gasteiger partial charge in [-0.25, -0.2) is 8.42 Å². The number of carbonyl (C=O) groups is 2. The molecule has 1 atom stereocenters. The largest absolute Gasteiger partial charge is 0.370 e. The van der Waals surface area contributed by atoms with Crippen molar-refractivity contribution < 1.29 is 18.0 Å². The lowest BCUT2D eigenvalue weighted by Crippen LogP contribution is -2.35. The minimum atomic E-state index is -3.62. The van der Waals surface area contributed by atoms with Gasteiger partial charge in [0.05, 0.1) is 16.3 Å². The first-order chi connectivity index (χ1) is 16.3. The van der Waals surface area contributed by atoms with E-state index in [1.54, 1.807) is 37.3 Å². The normalized spacial score (nSPS) is 15.8. The van der Waals surface area contributed by atoms with Crippen LogP contribution in [0.3, 0.4) is 0 Å². The SMILES string of the molecule is CC(=O)CNC1CCN(c2ccc(NC(=O)c3ccc(S(=O)(=O)c4ccccc4)cc3)cc2)C1. The Labute approximate surface area is 199 Å². The Hall–Kier alpha value is -3.49. The van der Waals surface area contributed by atoms with Crippen LogP contribution in [-0.2, 0) is 14.6 Å². The van der Waals surface area contributed by atoms with Crippen LogP contribution in [0.1, 0.15) is 23.7 Å². The van der Waals surface area contributed by atoms with Crippen molar-refractivity contribution in [1.82, 2.24) is 5.32 Å². The molecule has 7 nitrogen and oxygen atoms in total. The molecule has 1 unspecified atom stereocenters. The number of rotatable bonds is 8. The summed E-state index contributed by atoms with van der Waals surface area (Å²) in [7, 11) is -3.62.